The minimum Gasteiger partial charge on any atom is -0.356 e. The fourth-order valence-electron chi connectivity index (χ4n) is 3.82. The lowest BCUT2D eigenvalue weighted by Gasteiger charge is -2.36. The molecule has 1 atom stereocenters. The second-order valence-electron chi connectivity index (χ2n) is 7.44. The highest BCUT2D eigenvalue weighted by atomic mass is 35.5. The van der Waals surface area contributed by atoms with Gasteiger partial charge in [0.15, 0.2) is 5.69 Å². The number of H-pyrrole nitrogens is 1. The fourth-order valence-corrected chi connectivity index (χ4v) is 3.99. The number of aromatic amines is 1. The molecule has 3 aromatic rings. The van der Waals surface area contributed by atoms with Gasteiger partial charge in [0.1, 0.15) is 0 Å². The van der Waals surface area contributed by atoms with E-state index in [4.69, 9.17) is 11.6 Å². The topological polar surface area (TPSA) is 57.7 Å². The molecular formula is C19H19ClF3N5. The van der Waals surface area contributed by atoms with Gasteiger partial charge in [-0.25, -0.2) is 4.98 Å². The number of alkyl halides is 3. The number of aromatic nitrogens is 4. The molecule has 0 aliphatic carbocycles. The highest BCUT2D eigenvalue weighted by Gasteiger charge is 2.36. The largest absolute Gasteiger partial charge is 0.435 e. The summed E-state index contributed by atoms with van der Waals surface area (Å²) in [4.78, 5) is 9.02. The van der Waals surface area contributed by atoms with Crippen LogP contribution in [0.4, 0.5) is 19.1 Å². The Morgan fingerprint density at radius 3 is 2.82 bits per heavy atom. The molecule has 3 heterocycles. The molecule has 4 rings (SSSR count). The average molecular weight is 410 g/mol. The predicted octanol–water partition coefficient (Wildman–Crippen LogP) is 5.18. The molecule has 0 spiro atoms. The molecule has 0 fully saturated rings. The maximum absolute atomic E-state index is 13.1. The molecule has 1 aliphatic heterocycles. The van der Waals surface area contributed by atoms with Gasteiger partial charge in [-0.05, 0) is 42.5 Å². The summed E-state index contributed by atoms with van der Waals surface area (Å²) in [5.74, 6) is 0.329. The van der Waals surface area contributed by atoms with E-state index in [0.717, 1.165) is 28.6 Å². The molecule has 0 saturated heterocycles. The summed E-state index contributed by atoms with van der Waals surface area (Å²) in [7, 11) is 0. The van der Waals surface area contributed by atoms with Crippen molar-refractivity contribution in [3.8, 4) is 0 Å². The molecule has 2 aromatic heterocycles. The van der Waals surface area contributed by atoms with Crippen molar-refractivity contribution in [3.63, 3.8) is 0 Å². The van der Waals surface area contributed by atoms with Gasteiger partial charge in [-0.15, -0.1) is 5.10 Å². The van der Waals surface area contributed by atoms with Crippen molar-refractivity contribution in [1.29, 1.82) is 0 Å². The lowest BCUT2D eigenvalue weighted by atomic mass is 9.92. The highest BCUT2D eigenvalue weighted by Crippen LogP contribution is 2.40. The predicted molar refractivity (Wildman–Crippen MR) is 101 cm³/mol. The molecule has 9 heteroatoms. The first-order chi connectivity index (χ1) is 13.2. The molecule has 1 N–H and O–H groups in total. The van der Waals surface area contributed by atoms with Crippen LogP contribution in [-0.4, -0.2) is 26.7 Å². The fraction of sp³-hybridized carbons (Fsp3) is 0.421. The van der Waals surface area contributed by atoms with Crippen molar-refractivity contribution in [2.75, 3.05) is 11.4 Å². The third-order valence-corrected chi connectivity index (χ3v) is 5.24. The molecule has 0 radical (unpaired) electrons. The van der Waals surface area contributed by atoms with Crippen LogP contribution in [0.5, 0.6) is 0 Å². The number of hydrogen-bond donors (Lipinski definition) is 1. The Morgan fingerprint density at radius 1 is 1.32 bits per heavy atom. The number of fused-ring (bicyclic) bond motifs is 3. The molecule has 1 aromatic carbocycles. The molecular weight excluding hydrogens is 391 g/mol. The summed E-state index contributed by atoms with van der Waals surface area (Å²) >= 11 is 6.16. The summed E-state index contributed by atoms with van der Waals surface area (Å²) in [6.45, 7) is 4.67. The number of nitrogens with one attached hydrogen (secondary N) is 1. The van der Waals surface area contributed by atoms with Crippen LogP contribution in [0, 0.1) is 5.92 Å². The van der Waals surface area contributed by atoms with Gasteiger partial charge in [0.2, 0.25) is 5.95 Å². The molecule has 1 unspecified atom stereocenters. The lowest BCUT2D eigenvalue weighted by Crippen LogP contribution is -2.38. The van der Waals surface area contributed by atoms with Crippen LogP contribution < -0.4 is 4.90 Å². The average Bonchev–Trinajstić information content (AvgIpc) is 2.99. The van der Waals surface area contributed by atoms with Crippen LogP contribution >= 0.6 is 11.6 Å². The molecule has 148 valence electrons. The Kier molecular flexibility index (Phi) is 4.69. The summed E-state index contributed by atoms with van der Waals surface area (Å²) in [5, 5.41) is 9.16. The first-order valence-electron chi connectivity index (χ1n) is 9.07. The summed E-state index contributed by atoms with van der Waals surface area (Å²) in [5.41, 5.74) is 2.07. The van der Waals surface area contributed by atoms with E-state index in [-0.39, 0.29) is 12.0 Å². The van der Waals surface area contributed by atoms with Crippen LogP contribution in [0.3, 0.4) is 0 Å². The Bertz CT molecular complexity index is 1010. The van der Waals surface area contributed by atoms with E-state index in [1.165, 1.54) is 0 Å². The van der Waals surface area contributed by atoms with Gasteiger partial charge in [0.05, 0.1) is 12.2 Å². The monoisotopic (exact) mass is 409 g/mol. The Labute approximate surface area is 164 Å². The van der Waals surface area contributed by atoms with Gasteiger partial charge in [-0.1, -0.05) is 25.4 Å². The first-order valence-corrected chi connectivity index (χ1v) is 9.45. The first kappa shape index (κ1) is 19.0. The van der Waals surface area contributed by atoms with E-state index in [9.17, 15) is 13.2 Å². The van der Waals surface area contributed by atoms with E-state index in [0.29, 0.717) is 30.1 Å². The Hall–Kier alpha value is -2.35. The second-order valence-corrected chi connectivity index (χ2v) is 7.87. The zero-order valence-corrected chi connectivity index (χ0v) is 16.1. The summed E-state index contributed by atoms with van der Waals surface area (Å²) in [6, 6.07) is 5.51. The van der Waals surface area contributed by atoms with Crippen molar-refractivity contribution in [2.24, 2.45) is 5.92 Å². The SMILES string of the molecule is CC(C)CC1c2[nH]c3ccc(Cl)cc3c2CCN1c1nncc(C(F)(F)F)n1. The van der Waals surface area contributed by atoms with Crippen molar-refractivity contribution in [3.05, 3.63) is 46.4 Å². The van der Waals surface area contributed by atoms with Crippen LogP contribution in [0.15, 0.2) is 24.4 Å². The van der Waals surface area contributed by atoms with Gasteiger partial charge in [-0.3, -0.25) is 0 Å². The van der Waals surface area contributed by atoms with E-state index < -0.39 is 11.9 Å². The Morgan fingerprint density at radius 2 is 2.11 bits per heavy atom. The minimum absolute atomic E-state index is 0.00261. The van der Waals surface area contributed by atoms with E-state index in [1.54, 1.807) is 0 Å². The van der Waals surface area contributed by atoms with Gasteiger partial charge < -0.3 is 9.88 Å². The van der Waals surface area contributed by atoms with Gasteiger partial charge in [-0.2, -0.15) is 18.3 Å². The molecule has 5 nitrogen and oxygen atoms in total. The zero-order chi connectivity index (χ0) is 20.1. The van der Waals surface area contributed by atoms with Gasteiger partial charge in [0, 0.05) is 28.2 Å². The lowest BCUT2D eigenvalue weighted by molar-refractivity contribution is -0.141. The van der Waals surface area contributed by atoms with Crippen LogP contribution in [-0.2, 0) is 12.6 Å². The standard InChI is InChI=1S/C19H19ClF3N5/c1-10(2)7-15-17-12(13-8-11(20)3-4-14(13)25-17)5-6-28(15)18-26-16(9-24-27-18)19(21,22)23/h3-4,8-10,15,25H,5-7H2,1-2H3. The second kappa shape index (κ2) is 6.92. The highest BCUT2D eigenvalue weighted by molar-refractivity contribution is 6.31. The Balaban J connectivity index is 1.81. The molecule has 1 aliphatic rings. The number of rotatable bonds is 3. The van der Waals surface area contributed by atoms with Crippen molar-refractivity contribution in [2.45, 2.75) is 38.9 Å². The third-order valence-electron chi connectivity index (χ3n) is 5.00. The van der Waals surface area contributed by atoms with Crippen molar-refractivity contribution < 1.29 is 13.2 Å². The van der Waals surface area contributed by atoms with Crippen LogP contribution in [0.25, 0.3) is 10.9 Å². The molecule has 0 amide bonds. The normalized spacial score (nSPS) is 17.4. The number of nitrogens with zero attached hydrogens (tertiary/aromatic N) is 4. The third kappa shape index (κ3) is 3.41. The van der Waals surface area contributed by atoms with Crippen LogP contribution in [0.2, 0.25) is 5.02 Å². The van der Waals surface area contributed by atoms with Crippen molar-refractivity contribution >= 4 is 28.5 Å². The summed E-state index contributed by atoms with van der Waals surface area (Å²) in [6.07, 6.45) is -2.50. The van der Waals surface area contributed by atoms with E-state index >= 15 is 0 Å². The van der Waals surface area contributed by atoms with Crippen molar-refractivity contribution in [1.82, 2.24) is 20.2 Å². The zero-order valence-electron chi connectivity index (χ0n) is 15.4. The number of benzene rings is 1. The summed E-state index contributed by atoms with van der Waals surface area (Å²) < 4.78 is 39.3. The quantitative estimate of drug-likeness (QED) is 0.648. The van der Waals surface area contributed by atoms with Gasteiger partial charge >= 0.3 is 6.18 Å². The van der Waals surface area contributed by atoms with E-state index in [1.807, 2.05) is 23.1 Å². The number of halogens is 4. The number of anilines is 1. The number of hydrogen-bond acceptors (Lipinski definition) is 4. The maximum atomic E-state index is 13.1. The van der Waals surface area contributed by atoms with Gasteiger partial charge in [0.25, 0.3) is 0 Å². The molecule has 28 heavy (non-hydrogen) atoms. The van der Waals surface area contributed by atoms with Crippen LogP contribution in [0.1, 0.15) is 43.3 Å². The minimum atomic E-state index is -4.56. The maximum Gasteiger partial charge on any atom is 0.435 e. The molecule has 0 saturated carbocycles. The smallest absolute Gasteiger partial charge is 0.356 e. The molecule has 0 bridgehead atoms. The van der Waals surface area contributed by atoms with E-state index in [2.05, 4.69) is 34.0 Å².